The fourth-order valence-electron chi connectivity index (χ4n) is 7.41. The molecule has 0 radical (unpaired) electrons. The SMILES string of the molecule is CC(=O)OCC=C1CC[C@H]2[C@@H]3CC=C4C[C@@H](OC(C)=O)CC[C@]4(C)[C@H]3CC[C@]12C. The second-order valence-corrected chi connectivity index (χ2v) is 10.3. The minimum atomic E-state index is -0.201. The lowest BCUT2D eigenvalue weighted by molar-refractivity contribution is -0.148. The fourth-order valence-corrected chi connectivity index (χ4v) is 7.41. The first-order valence-electron chi connectivity index (χ1n) is 11.4. The molecule has 0 aromatic carbocycles. The van der Waals surface area contributed by atoms with Gasteiger partial charge in [0.25, 0.3) is 0 Å². The Morgan fingerprint density at radius 1 is 1.07 bits per heavy atom. The monoisotopic (exact) mass is 400 g/mol. The third-order valence-electron chi connectivity index (χ3n) is 8.86. The molecule has 0 bridgehead atoms. The minimum absolute atomic E-state index is 0.0690. The van der Waals surface area contributed by atoms with E-state index in [4.69, 9.17) is 9.47 Å². The predicted molar refractivity (Wildman–Crippen MR) is 112 cm³/mol. The molecule has 4 aliphatic rings. The molecule has 0 heterocycles. The van der Waals surface area contributed by atoms with Gasteiger partial charge < -0.3 is 9.47 Å². The quantitative estimate of drug-likeness (QED) is 0.472. The van der Waals surface area contributed by atoms with Crippen LogP contribution < -0.4 is 0 Å². The third-order valence-corrected chi connectivity index (χ3v) is 8.86. The molecule has 4 rings (SSSR count). The molecule has 0 amide bonds. The molecular weight excluding hydrogens is 364 g/mol. The van der Waals surface area contributed by atoms with Crippen LogP contribution in [0.5, 0.6) is 0 Å². The molecule has 0 N–H and O–H groups in total. The second kappa shape index (κ2) is 7.59. The van der Waals surface area contributed by atoms with E-state index in [1.807, 2.05) is 0 Å². The number of hydrogen-bond acceptors (Lipinski definition) is 4. The zero-order chi connectivity index (χ0) is 20.8. The van der Waals surface area contributed by atoms with Crippen LogP contribution in [0.2, 0.25) is 0 Å². The van der Waals surface area contributed by atoms with E-state index in [0.29, 0.717) is 6.61 Å². The van der Waals surface area contributed by atoms with Gasteiger partial charge in [-0.1, -0.05) is 31.1 Å². The van der Waals surface area contributed by atoms with Crippen LogP contribution in [-0.2, 0) is 19.1 Å². The van der Waals surface area contributed by atoms with Gasteiger partial charge in [-0.3, -0.25) is 9.59 Å². The van der Waals surface area contributed by atoms with Crippen molar-refractivity contribution in [3.63, 3.8) is 0 Å². The zero-order valence-electron chi connectivity index (χ0n) is 18.5. The van der Waals surface area contributed by atoms with Crippen molar-refractivity contribution in [3.8, 4) is 0 Å². The van der Waals surface area contributed by atoms with Crippen LogP contribution in [0.4, 0.5) is 0 Å². The van der Waals surface area contributed by atoms with Crippen molar-refractivity contribution in [2.45, 2.75) is 85.2 Å². The van der Waals surface area contributed by atoms with Crippen LogP contribution in [-0.4, -0.2) is 24.6 Å². The van der Waals surface area contributed by atoms with Crippen LogP contribution in [0.3, 0.4) is 0 Å². The number of carbonyl (C=O) groups is 2. The number of fused-ring (bicyclic) bond motifs is 5. The number of hydrogen-bond donors (Lipinski definition) is 0. The average molecular weight is 401 g/mol. The number of esters is 2. The molecule has 29 heavy (non-hydrogen) atoms. The Balaban J connectivity index is 1.52. The highest BCUT2D eigenvalue weighted by Crippen LogP contribution is 2.66. The lowest BCUT2D eigenvalue weighted by Crippen LogP contribution is -2.49. The Morgan fingerprint density at radius 2 is 1.79 bits per heavy atom. The van der Waals surface area contributed by atoms with Gasteiger partial charge in [0.15, 0.2) is 0 Å². The van der Waals surface area contributed by atoms with E-state index in [9.17, 15) is 9.59 Å². The summed E-state index contributed by atoms with van der Waals surface area (Å²) in [6.45, 7) is 8.36. The molecule has 4 heteroatoms. The molecule has 3 saturated carbocycles. The summed E-state index contributed by atoms with van der Waals surface area (Å²) in [5.41, 5.74) is 3.59. The largest absolute Gasteiger partial charge is 0.462 e. The Hall–Kier alpha value is -1.58. The summed E-state index contributed by atoms with van der Waals surface area (Å²) in [6.07, 6.45) is 13.9. The summed E-state index contributed by atoms with van der Waals surface area (Å²) in [7, 11) is 0. The van der Waals surface area contributed by atoms with Crippen LogP contribution in [0.15, 0.2) is 23.3 Å². The van der Waals surface area contributed by atoms with Crippen molar-refractivity contribution in [3.05, 3.63) is 23.3 Å². The number of carbonyl (C=O) groups excluding carboxylic acids is 2. The lowest BCUT2D eigenvalue weighted by atomic mass is 9.48. The van der Waals surface area contributed by atoms with Gasteiger partial charge in [-0.15, -0.1) is 0 Å². The number of ether oxygens (including phenoxy) is 2. The summed E-state index contributed by atoms with van der Waals surface area (Å²) in [5, 5.41) is 0. The van der Waals surface area contributed by atoms with Crippen LogP contribution in [0.1, 0.15) is 79.1 Å². The number of rotatable bonds is 3. The Morgan fingerprint density at radius 3 is 2.52 bits per heavy atom. The molecule has 3 fully saturated rings. The lowest BCUT2D eigenvalue weighted by Gasteiger charge is -2.57. The molecule has 0 saturated heterocycles. The van der Waals surface area contributed by atoms with E-state index in [2.05, 4.69) is 26.0 Å². The van der Waals surface area contributed by atoms with Gasteiger partial charge in [0.05, 0.1) is 0 Å². The van der Waals surface area contributed by atoms with E-state index < -0.39 is 0 Å². The fraction of sp³-hybridized carbons (Fsp3) is 0.760. The summed E-state index contributed by atoms with van der Waals surface area (Å²) in [6, 6.07) is 0. The van der Waals surface area contributed by atoms with Crippen molar-refractivity contribution in [2.75, 3.05) is 6.61 Å². The second-order valence-electron chi connectivity index (χ2n) is 10.3. The van der Waals surface area contributed by atoms with Gasteiger partial charge in [0.1, 0.15) is 12.7 Å². The van der Waals surface area contributed by atoms with Crippen LogP contribution in [0.25, 0.3) is 0 Å². The van der Waals surface area contributed by atoms with Crippen molar-refractivity contribution in [1.82, 2.24) is 0 Å². The molecule has 0 aromatic rings. The first-order chi connectivity index (χ1) is 13.7. The molecule has 160 valence electrons. The standard InChI is InChI=1S/C25H36O4/c1-16(26)28-14-11-18-6-8-22-21-7-5-19-15-20(29-17(2)27)9-12-25(19,4)23(21)10-13-24(18,22)3/h5,11,20-23H,6-10,12-15H2,1-4H3/t20-,21-,22-,23-,24+,25-/m0/s1. The van der Waals surface area contributed by atoms with Crippen molar-refractivity contribution in [1.29, 1.82) is 0 Å². The summed E-state index contributed by atoms with van der Waals surface area (Å²) in [5.74, 6) is 1.86. The molecule has 0 aliphatic heterocycles. The smallest absolute Gasteiger partial charge is 0.302 e. The highest BCUT2D eigenvalue weighted by atomic mass is 16.5. The van der Waals surface area contributed by atoms with E-state index in [1.165, 1.54) is 45.1 Å². The maximum Gasteiger partial charge on any atom is 0.302 e. The highest BCUT2D eigenvalue weighted by Gasteiger charge is 2.57. The molecule has 0 unspecified atom stereocenters. The molecular formula is C25H36O4. The van der Waals surface area contributed by atoms with Crippen molar-refractivity contribution < 1.29 is 19.1 Å². The maximum absolute atomic E-state index is 11.4. The Labute approximate surface area is 175 Å². The van der Waals surface area contributed by atoms with Crippen molar-refractivity contribution >= 4 is 11.9 Å². The van der Waals surface area contributed by atoms with E-state index >= 15 is 0 Å². The van der Waals surface area contributed by atoms with Gasteiger partial charge in [-0.05, 0) is 79.6 Å². The van der Waals surface area contributed by atoms with Gasteiger partial charge in [0.2, 0.25) is 0 Å². The minimum Gasteiger partial charge on any atom is -0.462 e. The zero-order valence-corrected chi connectivity index (χ0v) is 18.5. The molecule has 4 aliphatic carbocycles. The first kappa shape index (κ1) is 20.7. The van der Waals surface area contributed by atoms with Crippen LogP contribution >= 0.6 is 0 Å². The van der Waals surface area contributed by atoms with Gasteiger partial charge >= 0.3 is 11.9 Å². The molecule has 0 spiro atoms. The summed E-state index contributed by atoms with van der Waals surface area (Å²) in [4.78, 5) is 22.5. The highest BCUT2D eigenvalue weighted by molar-refractivity contribution is 5.66. The number of allylic oxidation sites excluding steroid dienone is 2. The van der Waals surface area contributed by atoms with Gasteiger partial charge in [-0.2, -0.15) is 0 Å². The average Bonchev–Trinajstić information content (AvgIpc) is 2.98. The predicted octanol–water partition coefficient (Wildman–Crippen LogP) is 5.37. The summed E-state index contributed by atoms with van der Waals surface area (Å²) < 4.78 is 10.8. The van der Waals surface area contributed by atoms with E-state index in [-0.39, 0.29) is 28.9 Å². The Kier molecular flexibility index (Phi) is 5.41. The first-order valence-corrected chi connectivity index (χ1v) is 11.4. The molecule has 4 nitrogen and oxygen atoms in total. The maximum atomic E-state index is 11.4. The normalized spacial score (nSPS) is 42.3. The van der Waals surface area contributed by atoms with Crippen molar-refractivity contribution in [2.24, 2.45) is 28.6 Å². The Bertz CT molecular complexity index is 750. The van der Waals surface area contributed by atoms with E-state index in [0.717, 1.165) is 43.4 Å². The van der Waals surface area contributed by atoms with Gasteiger partial charge in [0, 0.05) is 20.3 Å². The van der Waals surface area contributed by atoms with Gasteiger partial charge in [-0.25, -0.2) is 0 Å². The topological polar surface area (TPSA) is 52.6 Å². The third kappa shape index (κ3) is 3.57. The summed E-state index contributed by atoms with van der Waals surface area (Å²) >= 11 is 0. The van der Waals surface area contributed by atoms with Crippen LogP contribution in [0, 0.1) is 28.6 Å². The van der Waals surface area contributed by atoms with E-state index in [1.54, 1.807) is 5.57 Å². The molecule has 0 aromatic heterocycles. The molecule has 6 atom stereocenters.